The molecule has 0 saturated heterocycles. The summed E-state index contributed by atoms with van der Waals surface area (Å²) in [6.45, 7) is 6.57. The van der Waals surface area contributed by atoms with Crippen molar-refractivity contribution in [1.82, 2.24) is 21.9 Å². The van der Waals surface area contributed by atoms with Crippen molar-refractivity contribution < 1.29 is 27.7 Å². The van der Waals surface area contributed by atoms with Crippen LogP contribution in [-0.2, 0) is 16.8 Å². The molecule has 1 radical (unpaired) electrons. The van der Waals surface area contributed by atoms with Crippen molar-refractivity contribution in [2.45, 2.75) is 51.9 Å². The Morgan fingerprint density at radius 2 is 0.632 bits per heavy atom. The summed E-state index contributed by atoms with van der Waals surface area (Å²) in [6, 6.07) is -1.25. The average Bonchev–Trinajstić information content (AvgIpc) is 2.35. The molecule has 0 rings (SSSR count). The van der Waals surface area contributed by atoms with Gasteiger partial charge >= 0.3 is 0 Å². The van der Waals surface area contributed by atoms with Crippen LogP contribution in [0.2, 0.25) is 0 Å². The van der Waals surface area contributed by atoms with E-state index in [1.165, 1.54) is 0 Å². The van der Waals surface area contributed by atoms with Gasteiger partial charge in [-0.05, 0) is 27.7 Å². The van der Waals surface area contributed by atoms with Crippen molar-refractivity contribution >= 4 is 0 Å². The minimum Gasteiger partial charge on any atom is -0.788 e. The number of hydroxylamine groups is 4. The molecule has 125 valence electrons. The van der Waals surface area contributed by atoms with Crippen LogP contribution in [0.5, 0.6) is 0 Å². The Kier molecular flexibility index (Phi) is 33.8. The van der Waals surface area contributed by atoms with Gasteiger partial charge in [0.2, 0.25) is 0 Å². The molecule has 4 unspecified atom stereocenters. The van der Waals surface area contributed by atoms with E-state index >= 15 is 0 Å². The van der Waals surface area contributed by atoms with E-state index in [-0.39, 0.29) is 51.9 Å². The van der Waals surface area contributed by atoms with Crippen LogP contribution in [-0.4, -0.2) is 35.1 Å². The standard InChI is InChI=1S/2C4H10N2O2.Co.2H2O/c2*1-3(5-7)4(2)6-8;;;/h2*3-6H,1-2H3;;2*1H2/q2*-2;;;. The molecule has 0 aliphatic rings. The Morgan fingerprint density at radius 1 is 0.526 bits per heavy atom. The summed E-state index contributed by atoms with van der Waals surface area (Å²) in [5, 5.41) is 39.2. The maximum Gasteiger partial charge on any atom is 0.00653 e. The Morgan fingerprint density at radius 3 is 0.684 bits per heavy atom. The molecule has 4 atom stereocenters. The normalized spacial score (nSPS) is 15.2. The van der Waals surface area contributed by atoms with Gasteiger partial charge in [0.1, 0.15) is 0 Å². The van der Waals surface area contributed by atoms with Crippen LogP contribution in [0.25, 0.3) is 0 Å². The predicted molar refractivity (Wildman–Crippen MR) is 71.1 cm³/mol. The van der Waals surface area contributed by atoms with Crippen molar-refractivity contribution in [1.29, 1.82) is 0 Å². The van der Waals surface area contributed by atoms with E-state index in [2.05, 4.69) is 0 Å². The first kappa shape index (κ1) is 31.5. The van der Waals surface area contributed by atoms with Crippen LogP contribution in [0.15, 0.2) is 0 Å². The smallest absolute Gasteiger partial charge is 0.00653 e. The quantitative estimate of drug-likeness (QED) is 0.408. The Bertz CT molecular complexity index is 129. The summed E-state index contributed by atoms with van der Waals surface area (Å²) < 4.78 is 0. The minimum atomic E-state index is -0.313. The van der Waals surface area contributed by atoms with Gasteiger partial charge in [0.05, 0.1) is 0 Å². The van der Waals surface area contributed by atoms with E-state index < -0.39 is 0 Å². The molecule has 0 aromatic heterocycles. The zero-order valence-corrected chi connectivity index (χ0v) is 12.3. The van der Waals surface area contributed by atoms with Crippen molar-refractivity contribution in [3.05, 3.63) is 20.8 Å². The second kappa shape index (κ2) is 20.4. The molecule has 0 bridgehead atoms. The van der Waals surface area contributed by atoms with E-state index in [9.17, 15) is 20.8 Å². The maximum atomic E-state index is 9.80. The molecule has 0 spiro atoms. The summed E-state index contributed by atoms with van der Waals surface area (Å²) in [6.07, 6.45) is 0. The van der Waals surface area contributed by atoms with Gasteiger partial charge in [0.25, 0.3) is 0 Å². The SMILES string of the molecule is CC(N[O-])C(C)N[O-].CC(N[O-])C(C)N[O-].O.O.[Co]. The van der Waals surface area contributed by atoms with Crippen molar-refractivity contribution in [3.8, 4) is 0 Å². The van der Waals surface area contributed by atoms with Crippen molar-refractivity contribution in [2.75, 3.05) is 0 Å². The Labute approximate surface area is 123 Å². The van der Waals surface area contributed by atoms with E-state index in [4.69, 9.17) is 0 Å². The zero-order valence-electron chi connectivity index (χ0n) is 11.3. The monoisotopic (exact) mass is 331 g/mol. The molecule has 10 nitrogen and oxygen atoms in total. The molecule has 8 N–H and O–H groups in total. The molecule has 0 heterocycles. The summed E-state index contributed by atoms with van der Waals surface area (Å²) in [7, 11) is 0. The van der Waals surface area contributed by atoms with Crippen LogP contribution in [0, 0.1) is 20.8 Å². The van der Waals surface area contributed by atoms with Crippen molar-refractivity contribution in [2.24, 2.45) is 0 Å². The fraction of sp³-hybridized carbons (Fsp3) is 1.00. The summed E-state index contributed by atoms with van der Waals surface area (Å²) in [5.74, 6) is 0. The average molecular weight is 331 g/mol. The van der Waals surface area contributed by atoms with Gasteiger partial charge in [-0.25, -0.2) is 0 Å². The second-order valence-electron chi connectivity index (χ2n) is 3.63. The van der Waals surface area contributed by atoms with Crippen LogP contribution >= 0.6 is 0 Å². The van der Waals surface area contributed by atoms with Gasteiger partial charge in [-0.2, -0.15) is 0 Å². The molecule has 0 fully saturated rings. The summed E-state index contributed by atoms with van der Waals surface area (Å²) in [4.78, 5) is 0. The second-order valence-corrected chi connectivity index (χ2v) is 3.63. The zero-order chi connectivity index (χ0) is 13.1. The molecule has 0 amide bonds. The van der Waals surface area contributed by atoms with Crippen LogP contribution in [0.1, 0.15) is 27.7 Å². The molecule has 0 aliphatic heterocycles. The third-order valence-corrected chi connectivity index (χ3v) is 2.24. The van der Waals surface area contributed by atoms with Gasteiger partial charge in [0, 0.05) is 40.9 Å². The number of nitrogens with one attached hydrogen (secondary N) is 4. The predicted octanol–water partition coefficient (Wildman–Crippen LogP) is -1.78. The molecule has 11 heteroatoms. The van der Waals surface area contributed by atoms with Gasteiger partial charge in [-0.15, -0.1) is 0 Å². The molecular weight excluding hydrogens is 307 g/mol. The summed E-state index contributed by atoms with van der Waals surface area (Å²) >= 11 is 0. The minimum absolute atomic E-state index is 0. The largest absolute Gasteiger partial charge is 0.788 e. The summed E-state index contributed by atoms with van der Waals surface area (Å²) in [5.41, 5.74) is 6.81. The van der Waals surface area contributed by atoms with E-state index in [1.54, 1.807) is 49.6 Å². The van der Waals surface area contributed by atoms with Gasteiger partial charge in [-0.3, -0.25) is 0 Å². The van der Waals surface area contributed by atoms with Crippen LogP contribution in [0.3, 0.4) is 0 Å². The fourth-order valence-electron chi connectivity index (χ4n) is 0.408. The molecule has 19 heavy (non-hydrogen) atoms. The van der Waals surface area contributed by atoms with Crippen LogP contribution < -0.4 is 21.9 Å². The fourth-order valence-corrected chi connectivity index (χ4v) is 0.408. The molecular formula is C8H24CoN4O6-4. The van der Waals surface area contributed by atoms with Gasteiger partial charge in [0.15, 0.2) is 0 Å². The molecule has 0 aromatic rings. The first-order chi connectivity index (χ1) is 7.44. The maximum absolute atomic E-state index is 9.80. The van der Waals surface area contributed by atoms with Gasteiger partial charge < -0.3 is 53.7 Å². The van der Waals surface area contributed by atoms with Gasteiger partial charge in [-0.1, -0.05) is 0 Å². The number of hydrogen-bond donors (Lipinski definition) is 4. The topological polar surface area (TPSA) is 203 Å². The molecule has 0 aliphatic carbocycles. The van der Waals surface area contributed by atoms with E-state index in [0.717, 1.165) is 0 Å². The van der Waals surface area contributed by atoms with E-state index in [0.29, 0.717) is 0 Å². The Balaban J connectivity index is -0.0000000594. The Hall–Kier alpha value is 0.106. The first-order valence-corrected chi connectivity index (χ1v) is 4.95. The number of hydrogen-bond acceptors (Lipinski definition) is 8. The first-order valence-electron chi connectivity index (χ1n) is 4.95. The van der Waals surface area contributed by atoms with Crippen LogP contribution in [0.4, 0.5) is 0 Å². The molecule has 0 saturated carbocycles. The van der Waals surface area contributed by atoms with Crippen molar-refractivity contribution in [3.63, 3.8) is 0 Å². The molecule has 0 aromatic carbocycles. The third kappa shape index (κ3) is 18.1. The number of rotatable bonds is 6. The van der Waals surface area contributed by atoms with E-state index in [1.807, 2.05) is 0 Å². The third-order valence-electron chi connectivity index (χ3n) is 2.24.